The van der Waals surface area contributed by atoms with Gasteiger partial charge in [-0.1, -0.05) is 0 Å². The monoisotopic (exact) mass is 428 g/mol. The first-order valence-corrected chi connectivity index (χ1v) is 5.88. The molecule has 0 aromatic carbocycles. The van der Waals surface area contributed by atoms with Crippen molar-refractivity contribution in [1.82, 2.24) is 24.6 Å². The molecule has 0 spiro atoms. The second-order valence-electron chi connectivity index (χ2n) is 3.06. The van der Waals surface area contributed by atoms with Crippen LogP contribution in [0.2, 0.25) is 0 Å². The number of carboxylic acids is 5. The second kappa shape index (κ2) is 64.7. The number of carbonyl (C=O) groups excluding carboxylic acids is 4. The van der Waals surface area contributed by atoms with E-state index in [9.17, 15) is 0 Å². The molecule has 0 saturated heterocycles. The smallest absolute Gasteiger partial charge is 0.300 e. The van der Waals surface area contributed by atoms with Crippen molar-refractivity contribution in [2.24, 2.45) is 11.5 Å². The Hall–Kier alpha value is -2.89. The van der Waals surface area contributed by atoms with Gasteiger partial charge in [-0.3, -0.25) is 4.79 Å². The van der Waals surface area contributed by atoms with Crippen LogP contribution in [0, 0.1) is 0 Å². The van der Waals surface area contributed by atoms with Gasteiger partial charge in [-0.2, -0.15) is 0 Å². The lowest BCUT2D eigenvalue weighted by Gasteiger charge is -1.77. The lowest BCUT2D eigenvalue weighted by Crippen LogP contribution is -2.16. The molecule has 0 atom stereocenters. The largest absolute Gasteiger partial charge is 0.550 e. The molecule has 0 radical (unpaired) electrons. The van der Waals surface area contributed by atoms with Crippen molar-refractivity contribution in [2.45, 2.75) is 34.6 Å². The van der Waals surface area contributed by atoms with Gasteiger partial charge in [-0.25, -0.2) is 0 Å². The summed E-state index contributed by atoms with van der Waals surface area (Å²) >= 11 is 0. The number of aliphatic carboxylic acids is 5. The number of rotatable bonds is 1. The van der Waals surface area contributed by atoms with Gasteiger partial charge in [0.25, 0.3) is 5.97 Å². The van der Waals surface area contributed by atoms with E-state index in [1.54, 1.807) is 0 Å². The third-order valence-electron chi connectivity index (χ3n) is 0.167. The predicted octanol–water partition coefficient (Wildman–Crippen LogP) is -4.48. The van der Waals surface area contributed by atoms with E-state index in [0.717, 1.165) is 34.6 Å². The summed E-state index contributed by atoms with van der Waals surface area (Å²) in [7, 11) is 0. The van der Waals surface area contributed by atoms with E-state index in [-0.39, 0.29) is 24.6 Å². The summed E-state index contributed by atoms with van der Waals surface area (Å²) in [5.41, 5.74) is 9.81. The molecular formula is C12H40N6O10. The topological polar surface area (TPSA) is 396 Å². The van der Waals surface area contributed by atoms with Crippen LogP contribution in [0.1, 0.15) is 34.6 Å². The van der Waals surface area contributed by atoms with Gasteiger partial charge < -0.3 is 80.8 Å². The van der Waals surface area contributed by atoms with E-state index in [4.69, 9.17) is 61.0 Å². The Morgan fingerprint density at radius 3 is 0.607 bits per heavy atom. The van der Waals surface area contributed by atoms with Crippen molar-refractivity contribution in [3.63, 3.8) is 0 Å². The maximum atomic E-state index is 9.00. The summed E-state index contributed by atoms with van der Waals surface area (Å²) in [6, 6.07) is 0. The highest BCUT2D eigenvalue weighted by atomic mass is 16.4. The van der Waals surface area contributed by atoms with Gasteiger partial charge in [0.05, 0.1) is 0 Å². The molecule has 0 fully saturated rings. The highest BCUT2D eigenvalue weighted by Crippen LogP contribution is 1.42. The molecule has 21 N–H and O–H groups in total. The molecule has 16 heteroatoms. The molecular weight excluding hydrogens is 388 g/mol. The van der Waals surface area contributed by atoms with Gasteiger partial charge in [-0.05, 0) is 27.7 Å². The molecule has 0 heterocycles. The number of hydrogen-bond donors (Lipinski definition) is 7. The molecule has 0 saturated carbocycles. The minimum absolute atomic E-state index is 0. The summed E-state index contributed by atoms with van der Waals surface area (Å²) in [6.45, 7) is 6.17. The number of carboxylic acid groups (broad SMARTS) is 5. The third-order valence-corrected chi connectivity index (χ3v) is 0.167. The van der Waals surface area contributed by atoms with Gasteiger partial charge in [0.2, 0.25) is 0 Å². The molecule has 0 aromatic rings. The summed E-state index contributed by atoms with van der Waals surface area (Å²) in [5.74, 6) is -5.17. The zero-order valence-electron chi connectivity index (χ0n) is 18.2. The van der Waals surface area contributed by atoms with Crippen molar-refractivity contribution in [3.05, 3.63) is 0 Å². The van der Waals surface area contributed by atoms with E-state index in [0.29, 0.717) is 13.1 Å². The van der Waals surface area contributed by atoms with Crippen LogP contribution in [-0.4, -0.2) is 48.0 Å². The van der Waals surface area contributed by atoms with Crippen LogP contribution in [0.3, 0.4) is 0 Å². The molecule has 0 aliphatic carbocycles. The van der Waals surface area contributed by atoms with Crippen LogP contribution < -0.4 is 56.5 Å². The maximum absolute atomic E-state index is 9.00. The summed E-state index contributed by atoms with van der Waals surface area (Å²) in [5, 5.41) is 43.0. The average Bonchev–Trinajstić information content (AvgIpc) is 2.24. The van der Waals surface area contributed by atoms with Gasteiger partial charge in [0.15, 0.2) is 0 Å². The van der Waals surface area contributed by atoms with Crippen LogP contribution in [0.4, 0.5) is 0 Å². The van der Waals surface area contributed by atoms with E-state index in [2.05, 4.69) is 0 Å². The fraction of sp³-hybridized carbons (Fsp3) is 0.583. The fourth-order valence-corrected chi connectivity index (χ4v) is 0. The van der Waals surface area contributed by atoms with Crippen LogP contribution >= 0.6 is 0 Å². The van der Waals surface area contributed by atoms with Gasteiger partial charge in [0, 0.05) is 43.9 Å². The van der Waals surface area contributed by atoms with Gasteiger partial charge in [0.1, 0.15) is 0 Å². The summed E-state index contributed by atoms with van der Waals surface area (Å²) in [6.07, 6.45) is 0. The zero-order chi connectivity index (χ0) is 21.3. The lowest BCUT2D eigenvalue weighted by molar-refractivity contribution is -0.303. The Morgan fingerprint density at radius 1 is 0.571 bits per heavy atom. The Morgan fingerprint density at radius 2 is 0.607 bits per heavy atom. The molecule has 0 aliphatic rings. The molecule has 0 aromatic heterocycles. The quantitative estimate of drug-likeness (QED) is 0.207. The molecule has 28 heavy (non-hydrogen) atoms. The van der Waals surface area contributed by atoms with Crippen molar-refractivity contribution < 1.29 is 49.5 Å². The standard InChI is InChI=1S/C2H8N2.5C2H4O2.4H3N/c3-1-2-4;5*1-2(3)4;;;;/h1-4H2;5*1H3,(H,3,4);4*1H3. The number of hydrogen-bond acceptors (Lipinski definition) is 11. The van der Waals surface area contributed by atoms with Crippen LogP contribution in [0.5, 0.6) is 0 Å². The SMILES string of the molecule is CC(=O)O.CC(=O)[O-].CC(=O)[O-].CC(=O)[O-].CC(=O)[O-].NCCN.[NH4+].[NH4+].[NH4+].[NH4+]. The highest BCUT2D eigenvalue weighted by molar-refractivity contribution is 5.63. The van der Waals surface area contributed by atoms with Crippen molar-refractivity contribution >= 4 is 29.8 Å². The van der Waals surface area contributed by atoms with Crippen molar-refractivity contribution in [3.8, 4) is 0 Å². The highest BCUT2D eigenvalue weighted by Gasteiger charge is 1.65. The lowest BCUT2D eigenvalue weighted by atomic mass is 10.7. The number of quaternary nitrogens is 4. The first kappa shape index (κ1) is 63.9. The number of carbonyl (C=O) groups is 5. The zero-order valence-corrected chi connectivity index (χ0v) is 18.2. The van der Waals surface area contributed by atoms with Crippen LogP contribution in [0.25, 0.3) is 0 Å². The van der Waals surface area contributed by atoms with Crippen LogP contribution in [-0.2, 0) is 24.0 Å². The van der Waals surface area contributed by atoms with E-state index < -0.39 is 29.8 Å². The Kier molecular flexibility index (Phi) is 148. The minimum Gasteiger partial charge on any atom is -0.550 e. The summed E-state index contributed by atoms with van der Waals surface area (Å²) < 4.78 is 0. The van der Waals surface area contributed by atoms with Crippen molar-refractivity contribution in [2.75, 3.05) is 13.1 Å². The molecule has 0 bridgehead atoms. The predicted molar refractivity (Wildman–Crippen MR) is 98.1 cm³/mol. The molecule has 0 rings (SSSR count). The third kappa shape index (κ3) is 3160. The van der Waals surface area contributed by atoms with E-state index in [1.807, 2.05) is 0 Å². The first-order chi connectivity index (χ1) is 10.6. The van der Waals surface area contributed by atoms with Crippen LogP contribution in [0.15, 0.2) is 0 Å². The Labute approximate surface area is 164 Å². The van der Waals surface area contributed by atoms with Crippen molar-refractivity contribution in [1.29, 1.82) is 0 Å². The average molecular weight is 428 g/mol. The molecule has 0 amide bonds. The van der Waals surface area contributed by atoms with Gasteiger partial charge >= 0.3 is 0 Å². The number of nitrogens with two attached hydrogens (primary N) is 2. The Bertz CT molecular complexity index is 251. The molecule has 0 aliphatic heterocycles. The molecule has 0 unspecified atom stereocenters. The van der Waals surface area contributed by atoms with E-state index in [1.165, 1.54) is 0 Å². The summed E-state index contributed by atoms with van der Waals surface area (Å²) in [4.78, 5) is 44.6. The first-order valence-electron chi connectivity index (χ1n) is 5.88. The molecule has 16 nitrogen and oxygen atoms in total. The Balaban J connectivity index is -0.0000000169. The van der Waals surface area contributed by atoms with Gasteiger partial charge in [-0.15, -0.1) is 0 Å². The normalized spacial score (nSPS) is 5.54. The van der Waals surface area contributed by atoms with E-state index >= 15 is 0 Å². The molecule has 178 valence electrons. The second-order valence-corrected chi connectivity index (χ2v) is 3.06. The maximum Gasteiger partial charge on any atom is 0.300 e. The fourth-order valence-electron chi connectivity index (χ4n) is 0. The minimum atomic E-state index is -1.08.